The molecule has 2 aromatic rings. The number of carbonyl (C=O) groups excluding carboxylic acids is 1. The van der Waals surface area contributed by atoms with Crippen molar-refractivity contribution in [2.45, 2.75) is 6.18 Å². The molecule has 0 N–H and O–H groups in total. The van der Waals surface area contributed by atoms with E-state index in [1.807, 2.05) is 6.07 Å². The molecule has 3 heterocycles. The molecular weight excluding hydrogens is 399 g/mol. The number of aromatic nitrogens is 2. The van der Waals surface area contributed by atoms with Crippen molar-refractivity contribution in [2.24, 2.45) is 0 Å². The van der Waals surface area contributed by atoms with Crippen LogP contribution in [0.3, 0.4) is 0 Å². The first-order valence-electron chi connectivity index (χ1n) is 9.79. The average Bonchev–Trinajstić information content (AvgIpc) is 2.79. The summed E-state index contributed by atoms with van der Waals surface area (Å²) in [7, 11) is 0. The van der Waals surface area contributed by atoms with Gasteiger partial charge in [-0.15, -0.1) is 5.10 Å². The zero-order valence-corrected chi connectivity index (χ0v) is 16.3. The van der Waals surface area contributed by atoms with Gasteiger partial charge in [0.1, 0.15) is 0 Å². The van der Waals surface area contributed by atoms with Gasteiger partial charge in [-0.25, -0.2) is 0 Å². The summed E-state index contributed by atoms with van der Waals surface area (Å²) in [5.41, 5.74) is 0.154. The summed E-state index contributed by atoms with van der Waals surface area (Å²) in [4.78, 5) is 18.5. The number of halogens is 3. The van der Waals surface area contributed by atoms with E-state index in [-0.39, 0.29) is 11.5 Å². The molecule has 30 heavy (non-hydrogen) atoms. The van der Waals surface area contributed by atoms with Crippen LogP contribution in [0, 0.1) is 0 Å². The minimum atomic E-state index is -4.47. The van der Waals surface area contributed by atoms with Gasteiger partial charge in [-0.05, 0) is 18.2 Å². The molecule has 2 aliphatic rings. The Bertz CT molecular complexity index is 894. The number of anilines is 2. The van der Waals surface area contributed by atoms with Crippen molar-refractivity contribution < 1.29 is 22.7 Å². The second-order valence-corrected chi connectivity index (χ2v) is 7.23. The van der Waals surface area contributed by atoms with E-state index in [0.29, 0.717) is 39.4 Å². The fraction of sp³-hybridized carbons (Fsp3) is 0.450. The molecule has 1 amide bonds. The lowest BCUT2D eigenvalue weighted by atomic mass is 10.1. The van der Waals surface area contributed by atoms with E-state index < -0.39 is 11.7 Å². The van der Waals surface area contributed by atoms with Crippen LogP contribution in [0.1, 0.15) is 15.9 Å². The fourth-order valence-corrected chi connectivity index (χ4v) is 3.64. The second-order valence-electron chi connectivity index (χ2n) is 7.23. The zero-order valence-electron chi connectivity index (χ0n) is 16.3. The molecule has 2 aliphatic heterocycles. The summed E-state index contributed by atoms with van der Waals surface area (Å²) in [6.45, 7) is 4.81. The monoisotopic (exact) mass is 421 g/mol. The molecule has 7 nitrogen and oxygen atoms in total. The van der Waals surface area contributed by atoms with Crippen LogP contribution in [0.5, 0.6) is 0 Å². The van der Waals surface area contributed by atoms with E-state index in [0.717, 1.165) is 36.7 Å². The molecule has 0 saturated carbocycles. The Labute approximate surface area is 172 Å². The van der Waals surface area contributed by atoms with Crippen LogP contribution in [0.2, 0.25) is 0 Å². The second kappa shape index (κ2) is 8.47. The molecular formula is C20H22F3N5O2. The number of rotatable bonds is 3. The Morgan fingerprint density at radius 1 is 0.967 bits per heavy atom. The van der Waals surface area contributed by atoms with Crippen molar-refractivity contribution in [1.29, 1.82) is 0 Å². The molecule has 2 fully saturated rings. The van der Waals surface area contributed by atoms with Crippen LogP contribution in [-0.4, -0.2) is 73.5 Å². The van der Waals surface area contributed by atoms with Crippen molar-refractivity contribution in [2.75, 3.05) is 62.3 Å². The Morgan fingerprint density at radius 2 is 1.70 bits per heavy atom. The van der Waals surface area contributed by atoms with E-state index in [2.05, 4.69) is 20.0 Å². The maximum atomic E-state index is 12.9. The summed E-state index contributed by atoms with van der Waals surface area (Å²) in [5.74, 6) is 0.404. The lowest BCUT2D eigenvalue weighted by molar-refractivity contribution is -0.137. The first-order chi connectivity index (χ1) is 14.4. The zero-order chi connectivity index (χ0) is 21.1. The molecule has 0 spiro atoms. The Morgan fingerprint density at radius 3 is 2.40 bits per heavy atom. The van der Waals surface area contributed by atoms with E-state index in [4.69, 9.17) is 4.74 Å². The number of benzene rings is 1. The van der Waals surface area contributed by atoms with E-state index in [9.17, 15) is 18.0 Å². The highest BCUT2D eigenvalue weighted by Gasteiger charge is 2.31. The van der Waals surface area contributed by atoms with Crippen molar-refractivity contribution in [3.05, 3.63) is 47.7 Å². The van der Waals surface area contributed by atoms with Gasteiger partial charge < -0.3 is 19.4 Å². The first-order valence-corrected chi connectivity index (χ1v) is 9.79. The Hall–Kier alpha value is -2.88. The molecule has 4 rings (SSSR count). The van der Waals surface area contributed by atoms with Gasteiger partial charge in [0.25, 0.3) is 5.91 Å². The van der Waals surface area contributed by atoms with E-state index >= 15 is 0 Å². The molecule has 0 unspecified atom stereocenters. The molecule has 0 bridgehead atoms. The molecule has 0 atom stereocenters. The van der Waals surface area contributed by atoms with Crippen LogP contribution < -0.4 is 9.80 Å². The minimum absolute atomic E-state index is 0.0541. The predicted molar refractivity (Wildman–Crippen MR) is 105 cm³/mol. The Balaban J connectivity index is 1.40. The quantitative estimate of drug-likeness (QED) is 0.758. The molecule has 2 saturated heterocycles. The molecule has 0 aliphatic carbocycles. The maximum absolute atomic E-state index is 12.9. The molecule has 10 heteroatoms. The smallest absolute Gasteiger partial charge is 0.378 e. The summed E-state index contributed by atoms with van der Waals surface area (Å²) >= 11 is 0. The fourth-order valence-electron chi connectivity index (χ4n) is 3.64. The summed E-state index contributed by atoms with van der Waals surface area (Å²) in [6, 6.07) is 6.55. The number of alkyl halides is 3. The summed E-state index contributed by atoms with van der Waals surface area (Å²) < 4.78 is 44.1. The van der Waals surface area contributed by atoms with Gasteiger partial charge in [0, 0.05) is 50.9 Å². The van der Waals surface area contributed by atoms with Crippen molar-refractivity contribution >= 4 is 17.4 Å². The topological polar surface area (TPSA) is 61.8 Å². The third-order valence-electron chi connectivity index (χ3n) is 5.33. The van der Waals surface area contributed by atoms with E-state index in [1.54, 1.807) is 11.1 Å². The third kappa shape index (κ3) is 4.48. The van der Waals surface area contributed by atoms with Crippen LogP contribution in [0.4, 0.5) is 24.7 Å². The van der Waals surface area contributed by atoms with Gasteiger partial charge in [0.15, 0.2) is 5.82 Å². The van der Waals surface area contributed by atoms with Crippen LogP contribution in [-0.2, 0) is 10.9 Å². The number of amides is 1. The van der Waals surface area contributed by atoms with Crippen molar-refractivity contribution in [1.82, 2.24) is 15.1 Å². The highest BCUT2D eigenvalue weighted by Crippen LogP contribution is 2.30. The number of hydrogen-bond acceptors (Lipinski definition) is 6. The third-order valence-corrected chi connectivity index (χ3v) is 5.33. The number of nitrogens with zero attached hydrogens (tertiary/aromatic N) is 5. The van der Waals surface area contributed by atoms with Crippen LogP contribution in [0.25, 0.3) is 0 Å². The van der Waals surface area contributed by atoms with Gasteiger partial charge in [-0.1, -0.05) is 6.07 Å². The van der Waals surface area contributed by atoms with E-state index in [1.165, 1.54) is 12.1 Å². The number of hydrogen-bond donors (Lipinski definition) is 0. The van der Waals surface area contributed by atoms with Crippen molar-refractivity contribution in [3.63, 3.8) is 0 Å². The normalized spacial score (nSPS) is 17.9. The van der Waals surface area contributed by atoms with Crippen LogP contribution in [0.15, 0.2) is 36.5 Å². The highest BCUT2D eigenvalue weighted by molar-refractivity contribution is 5.94. The van der Waals surface area contributed by atoms with Gasteiger partial charge >= 0.3 is 6.18 Å². The molecule has 1 aromatic carbocycles. The highest BCUT2D eigenvalue weighted by atomic mass is 19.4. The average molecular weight is 421 g/mol. The van der Waals surface area contributed by atoms with Gasteiger partial charge in [-0.2, -0.15) is 18.3 Å². The lowest BCUT2D eigenvalue weighted by Gasteiger charge is -2.36. The maximum Gasteiger partial charge on any atom is 0.416 e. The first kappa shape index (κ1) is 20.4. The minimum Gasteiger partial charge on any atom is -0.378 e. The summed E-state index contributed by atoms with van der Waals surface area (Å²) in [6.07, 6.45) is -2.78. The largest absolute Gasteiger partial charge is 0.416 e. The van der Waals surface area contributed by atoms with Gasteiger partial charge in [0.05, 0.1) is 30.7 Å². The number of ether oxygens (including phenoxy) is 1. The van der Waals surface area contributed by atoms with Gasteiger partial charge in [-0.3, -0.25) is 4.79 Å². The SMILES string of the molecule is O=C(c1cccc(C(F)(F)F)c1)N1CCN(c2cnnc(N3CCOCC3)c2)CC1. The number of piperazine rings is 1. The number of morpholine rings is 1. The lowest BCUT2D eigenvalue weighted by Crippen LogP contribution is -2.49. The van der Waals surface area contributed by atoms with Gasteiger partial charge in [0.2, 0.25) is 0 Å². The predicted octanol–water partition coefficient (Wildman–Crippen LogP) is 2.29. The van der Waals surface area contributed by atoms with Crippen molar-refractivity contribution in [3.8, 4) is 0 Å². The number of carbonyl (C=O) groups is 1. The Kier molecular flexibility index (Phi) is 5.76. The standard InChI is InChI=1S/C20H22F3N5O2/c21-20(22,23)16-3-1-2-15(12-16)19(29)28-6-4-26(5-7-28)17-13-18(25-24-14-17)27-8-10-30-11-9-27/h1-3,12-14H,4-11H2. The molecule has 0 radical (unpaired) electrons. The molecule has 160 valence electrons. The van der Waals surface area contributed by atoms with Crippen LogP contribution >= 0.6 is 0 Å². The summed E-state index contributed by atoms with van der Waals surface area (Å²) in [5, 5.41) is 8.31. The molecule has 1 aromatic heterocycles.